The summed E-state index contributed by atoms with van der Waals surface area (Å²) >= 11 is 3.50. The summed E-state index contributed by atoms with van der Waals surface area (Å²) in [6, 6.07) is 16.7. The SMILES string of the molecule is O=C(c1ccccc1Br)N1CCN2CCc3ccccc3C2C1. The van der Waals surface area contributed by atoms with Crippen molar-refractivity contribution in [3.63, 3.8) is 0 Å². The van der Waals surface area contributed by atoms with Crippen molar-refractivity contribution in [1.82, 2.24) is 9.80 Å². The van der Waals surface area contributed by atoms with E-state index >= 15 is 0 Å². The Kier molecular flexibility index (Phi) is 3.95. The summed E-state index contributed by atoms with van der Waals surface area (Å²) in [7, 11) is 0. The third kappa shape index (κ3) is 2.70. The van der Waals surface area contributed by atoms with Crippen LogP contribution < -0.4 is 0 Å². The highest BCUT2D eigenvalue weighted by molar-refractivity contribution is 9.10. The summed E-state index contributed by atoms with van der Waals surface area (Å²) in [5, 5.41) is 0. The van der Waals surface area contributed by atoms with Crippen molar-refractivity contribution in [2.75, 3.05) is 26.2 Å². The van der Waals surface area contributed by atoms with Gasteiger partial charge in [-0.2, -0.15) is 0 Å². The molecule has 0 aromatic heterocycles. The molecule has 118 valence electrons. The normalized spacial score (nSPS) is 20.7. The molecule has 1 atom stereocenters. The van der Waals surface area contributed by atoms with E-state index in [2.05, 4.69) is 45.1 Å². The van der Waals surface area contributed by atoms with Gasteiger partial charge in [0.15, 0.2) is 0 Å². The molecule has 2 heterocycles. The van der Waals surface area contributed by atoms with Crippen LogP contribution in [0.3, 0.4) is 0 Å². The zero-order valence-corrected chi connectivity index (χ0v) is 14.5. The Morgan fingerprint density at radius 3 is 2.65 bits per heavy atom. The fourth-order valence-electron chi connectivity index (χ4n) is 3.72. The molecule has 0 radical (unpaired) electrons. The lowest BCUT2D eigenvalue weighted by atomic mass is 9.91. The summed E-state index contributed by atoms with van der Waals surface area (Å²) in [6.07, 6.45) is 1.12. The van der Waals surface area contributed by atoms with E-state index in [1.807, 2.05) is 29.2 Å². The van der Waals surface area contributed by atoms with Crippen LogP contribution in [0.15, 0.2) is 53.0 Å². The number of nitrogens with zero attached hydrogens (tertiary/aromatic N) is 2. The zero-order valence-electron chi connectivity index (χ0n) is 12.9. The minimum Gasteiger partial charge on any atom is -0.335 e. The lowest BCUT2D eigenvalue weighted by Gasteiger charge is -2.45. The van der Waals surface area contributed by atoms with Crippen LogP contribution in [0.5, 0.6) is 0 Å². The molecule has 4 heteroatoms. The highest BCUT2D eigenvalue weighted by Gasteiger charge is 2.34. The maximum absolute atomic E-state index is 12.9. The van der Waals surface area contributed by atoms with Gasteiger partial charge in [-0.25, -0.2) is 0 Å². The Morgan fingerprint density at radius 2 is 1.78 bits per heavy atom. The van der Waals surface area contributed by atoms with E-state index in [0.717, 1.165) is 42.6 Å². The van der Waals surface area contributed by atoms with Crippen molar-refractivity contribution >= 4 is 21.8 Å². The number of amides is 1. The van der Waals surface area contributed by atoms with E-state index < -0.39 is 0 Å². The van der Waals surface area contributed by atoms with Gasteiger partial charge >= 0.3 is 0 Å². The molecule has 23 heavy (non-hydrogen) atoms. The second kappa shape index (κ2) is 6.10. The van der Waals surface area contributed by atoms with Crippen LogP contribution >= 0.6 is 15.9 Å². The van der Waals surface area contributed by atoms with Gasteiger partial charge in [0.2, 0.25) is 0 Å². The van der Waals surface area contributed by atoms with Crippen molar-refractivity contribution in [2.24, 2.45) is 0 Å². The number of carbonyl (C=O) groups excluding carboxylic acids is 1. The van der Waals surface area contributed by atoms with Crippen molar-refractivity contribution in [1.29, 1.82) is 0 Å². The number of hydrogen-bond donors (Lipinski definition) is 0. The first-order chi connectivity index (χ1) is 11.2. The average molecular weight is 371 g/mol. The minimum absolute atomic E-state index is 0.125. The molecule has 0 saturated carbocycles. The van der Waals surface area contributed by atoms with Crippen molar-refractivity contribution < 1.29 is 4.79 Å². The molecule has 2 aliphatic heterocycles. The number of carbonyl (C=O) groups is 1. The highest BCUT2D eigenvalue weighted by atomic mass is 79.9. The first-order valence-electron chi connectivity index (χ1n) is 8.10. The molecule has 0 aliphatic carbocycles. The minimum atomic E-state index is 0.125. The Bertz CT molecular complexity index is 746. The molecule has 0 spiro atoms. The number of piperazine rings is 1. The zero-order chi connectivity index (χ0) is 15.8. The van der Waals surface area contributed by atoms with Crippen molar-refractivity contribution in [3.8, 4) is 0 Å². The lowest BCUT2D eigenvalue weighted by molar-refractivity contribution is 0.0453. The van der Waals surface area contributed by atoms with E-state index in [1.54, 1.807) is 0 Å². The molecule has 0 N–H and O–H groups in total. The van der Waals surface area contributed by atoms with Crippen LogP contribution in [0, 0.1) is 0 Å². The number of halogens is 1. The van der Waals surface area contributed by atoms with Gasteiger partial charge in [0.1, 0.15) is 0 Å². The third-order valence-electron chi connectivity index (χ3n) is 4.97. The summed E-state index contributed by atoms with van der Waals surface area (Å²) in [4.78, 5) is 17.4. The molecule has 2 aromatic rings. The predicted octanol–water partition coefficient (Wildman–Crippen LogP) is 3.50. The number of rotatable bonds is 1. The fourth-order valence-corrected chi connectivity index (χ4v) is 4.18. The summed E-state index contributed by atoms with van der Waals surface area (Å²) in [5.41, 5.74) is 3.58. The quantitative estimate of drug-likeness (QED) is 0.766. The molecule has 2 aliphatic rings. The van der Waals surface area contributed by atoms with Crippen molar-refractivity contribution in [2.45, 2.75) is 12.5 Å². The Hall–Kier alpha value is -1.65. The molecule has 3 nitrogen and oxygen atoms in total. The molecular formula is C19H19BrN2O. The van der Waals surface area contributed by atoms with Crippen LogP contribution in [0.1, 0.15) is 27.5 Å². The predicted molar refractivity (Wildman–Crippen MR) is 94.5 cm³/mol. The van der Waals surface area contributed by atoms with E-state index in [9.17, 15) is 4.79 Å². The van der Waals surface area contributed by atoms with Gasteiger partial charge in [0, 0.05) is 30.7 Å². The molecule has 1 fully saturated rings. The number of fused-ring (bicyclic) bond motifs is 3. The molecule has 0 bridgehead atoms. The van der Waals surface area contributed by atoms with Crippen LogP contribution in [0.25, 0.3) is 0 Å². The van der Waals surface area contributed by atoms with E-state index in [1.165, 1.54) is 11.1 Å². The van der Waals surface area contributed by atoms with Crippen LogP contribution in [0.4, 0.5) is 0 Å². The second-order valence-electron chi connectivity index (χ2n) is 6.23. The maximum Gasteiger partial charge on any atom is 0.255 e. The molecule has 4 rings (SSSR count). The lowest BCUT2D eigenvalue weighted by Crippen LogP contribution is -2.52. The van der Waals surface area contributed by atoms with Gasteiger partial charge in [0.25, 0.3) is 5.91 Å². The average Bonchev–Trinajstić information content (AvgIpc) is 2.61. The fraction of sp³-hybridized carbons (Fsp3) is 0.316. The van der Waals surface area contributed by atoms with E-state index in [0.29, 0.717) is 6.04 Å². The smallest absolute Gasteiger partial charge is 0.255 e. The summed E-state index contributed by atoms with van der Waals surface area (Å²) in [5.74, 6) is 0.125. The van der Waals surface area contributed by atoms with Crippen LogP contribution in [-0.4, -0.2) is 41.9 Å². The van der Waals surface area contributed by atoms with Gasteiger partial charge in [-0.1, -0.05) is 36.4 Å². The van der Waals surface area contributed by atoms with Gasteiger partial charge in [-0.3, -0.25) is 9.69 Å². The largest absolute Gasteiger partial charge is 0.335 e. The molecule has 2 aromatic carbocycles. The first-order valence-corrected chi connectivity index (χ1v) is 8.89. The van der Waals surface area contributed by atoms with E-state index in [-0.39, 0.29) is 5.91 Å². The Labute approximate surface area is 145 Å². The molecular weight excluding hydrogens is 352 g/mol. The van der Waals surface area contributed by atoms with Gasteiger partial charge in [-0.15, -0.1) is 0 Å². The number of hydrogen-bond acceptors (Lipinski definition) is 2. The standard InChI is InChI=1S/C19H19BrN2O/c20-17-8-4-3-7-16(17)19(23)22-12-11-21-10-9-14-5-1-2-6-15(14)18(21)13-22/h1-8,18H,9-13H2. The van der Waals surface area contributed by atoms with Crippen LogP contribution in [0.2, 0.25) is 0 Å². The third-order valence-corrected chi connectivity index (χ3v) is 5.66. The van der Waals surface area contributed by atoms with Crippen LogP contribution in [-0.2, 0) is 6.42 Å². The summed E-state index contributed by atoms with van der Waals surface area (Å²) < 4.78 is 0.872. The topological polar surface area (TPSA) is 23.6 Å². The molecule has 1 saturated heterocycles. The van der Waals surface area contributed by atoms with E-state index in [4.69, 9.17) is 0 Å². The Balaban J connectivity index is 1.61. The highest BCUT2D eigenvalue weighted by Crippen LogP contribution is 2.33. The monoisotopic (exact) mass is 370 g/mol. The van der Waals surface area contributed by atoms with Gasteiger partial charge in [-0.05, 0) is 45.6 Å². The Morgan fingerprint density at radius 1 is 1.00 bits per heavy atom. The first kappa shape index (κ1) is 14.9. The van der Waals surface area contributed by atoms with Crippen molar-refractivity contribution in [3.05, 3.63) is 69.7 Å². The number of benzene rings is 2. The molecule has 1 amide bonds. The van der Waals surface area contributed by atoms with Gasteiger partial charge in [0.05, 0.1) is 11.6 Å². The summed E-state index contributed by atoms with van der Waals surface area (Å²) in [6.45, 7) is 3.63. The van der Waals surface area contributed by atoms with Gasteiger partial charge < -0.3 is 4.90 Å². The maximum atomic E-state index is 12.9. The molecule has 1 unspecified atom stereocenters. The second-order valence-corrected chi connectivity index (χ2v) is 7.09.